The third kappa shape index (κ3) is 4.98. The van der Waals surface area contributed by atoms with Gasteiger partial charge in [-0.2, -0.15) is 0 Å². The molecule has 0 saturated carbocycles. The van der Waals surface area contributed by atoms with Crippen LogP contribution in [-0.4, -0.2) is 24.5 Å². The summed E-state index contributed by atoms with van der Waals surface area (Å²) in [7, 11) is 0. The first-order valence-electron chi connectivity index (χ1n) is 8.95. The summed E-state index contributed by atoms with van der Waals surface area (Å²) in [6, 6.07) is 17.5. The predicted octanol–water partition coefficient (Wildman–Crippen LogP) is 5.17. The van der Waals surface area contributed by atoms with Crippen molar-refractivity contribution in [1.82, 2.24) is 4.90 Å². The normalized spacial score (nSPS) is 11.9. The Labute approximate surface area is 147 Å². The van der Waals surface area contributed by atoms with Crippen molar-refractivity contribution in [2.75, 3.05) is 19.6 Å². The largest absolute Gasteiger partial charge is 0.293 e. The highest BCUT2D eigenvalue weighted by atomic mass is 15.1. The Morgan fingerprint density at radius 2 is 1.62 bits per heavy atom. The minimum absolute atomic E-state index is 0.343. The maximum atomic E-state index is 3.44. The Morgan fingerprint density at radius 3 is 2.29 bits per heavy atom. The van der Waals surface area contributed by atoms with E-state index in [-0.39, 0.29) is 0 Å². The van der Waals surface area contributed by atoms with Gasteiger partial charge in [-0.1, -0.05) is 73.9 Å². The van der Waals surface area contributed by atoms with Crippen LogP contribution in [0.1, 0.15) is 48.4 Å². The van der Waals surface area contributed by atoms with Crippen molar-refractivity contribution >= 4 is 0 Å². The molecule has 126 valence electrons. The molecule has 0 unspecified atom stereocenters. The van der Waals surface area contributed by atoms with Gasteiger partial charge in [-0.05, 0) is 43.6 Å². The molecule has 0 aliphatic rings. The van der Waals surface area contributed by atoms with Gasteiger partial charge in [0.25, 0.3) is 0 Å². The molecule has 0 amide bonds. The fourth-order valence-electron chi connectivity index (χ4n) is 3.02. The Morgan fingerprint density at radius 1 is 0.917 bits per heavy atom. The van der Waals surface area contributed by atoms with Crippen molar-refractivity contribution in [3.8, 4) is 11.8 Å². The first-order chi connectivity index (χ1) is 11.7. The monoisotopic (exact) mass is 319 g/mol. The highest BCUT2D eigenvalue weighted by Crippen LogP contribution is 2.30. The quantitative estimate of drug-likeness (QED) is 0.664. The van der Waals surface area contributed by atoms with Crippen LogP contribution < -0.4 is 0 Å². The molecule has 0 aliphatic carbocycles. The van der Waals surface area contributed by atoms with Gasteiger partial charge in [-0.25, -0.2) is 0 Å². The van der Waals surface area contributed by atoms with E-state index in [1.807, 2.05) is 0 Å². The molecule has 1 heteroatoms. The second kappa shape index (κ2) is 9.30. The van der Waals surface area contributed by atoms with Gasteiger partial charge in [0.2, 0.25) is 0 Å². The SMILES string of the molecule is CCN(CC)CC#CC[C@H](c1ccccc1)c1cc(C)ccc1C. The zero-order valence-electron chi connectivity index (χ0n) is 15.5. The van der Waals surface area contributed by atoms with Crippen molar-refractivity contribution in [1.29, 1.82) is 0 Å². The summed E-state index contributed by atoms with van der Waals surface area (Å²) in [6.45, 7) is 11.7. The molecule has 0 saturated heterocycles. The lowest BCUT2D eigenvalue weighted by Crippen LogP contribution is -2.22. The molecular weight excluding hydrogens is 290 g/mol. The van der Waals surface area contributed by atoms with Crippen molar-refractivity contribution in [3.63, 3.8) is 0 Å². The molecule has 0 fully saturated rings. The molecule has 1 nitrogen and oxygen atoms in total. The minimum Gasteiger partial charge on any atom is -0.293 e. The zero-order chi connectivity index (χ0) is 17.4. The van der Waals surface area contributed by atoms with Gasteiger partial charge >= 0.3 is 0 Å². The second-order valence-electron chi connectivity index (χ2n) is 6.34. The Kier molecular flexibility index (Phi) is 7.09. The van der Waals surface area contributed by atoms with Crippen LogP contribution in [0, 0.1) is 25.7 Å². The molecule has 2 aromatic rings. The first kappa shape index (κ1) is 18.3. The van der Waals surface area contributed by atoms with Crippen molar-refractivity contribution in [2.45, 2.75) is 40.0 Å². The minimum atomic E-state index is 0.343. The topological polar surface area (TPSA) is 3.24 Å². The van der Waals surface area contributed by atoms with Crippen LogP contribution in [0.3, 0.4) is 0 Å². The molecule has 2 rings (SSSR count). The number of hydrogen-bond acceptors (Lipinski definition) is 1. The second-order valence-corrected chi connectivity index (χ2v) is 6.34. The average molecular weight is 319 g/mol. The van der Waals surface area contributed by atoms with E-state index >= 15 is 0 Å². The van der Waals surface area contributed by atoms with Crippen molar-refractivity contribution in [2.24, 2.45) is 0 Å². The van der Waals surface area contributed by atoms with Gasteiger partial charge < -0.3 is 0 Å². The maximum absolute atomic E-state index is 3.44. The molecular formula is C23H29N. The van der Waals surface area contributed by atoms with Crippen LogP contribution in [-0.2, 0) is 0 Å². The average Bonchev–Trinajstić information content (AvgIpc) is 2.61. The van der Waals surface area contributed by atoms with Crippen LogP contribution in [0.15, 0.2) is 48.5 Å². The molecule has 0 aliphatic heterocycles. The summed E-state index contributed by atoms with van der Waals surface area (Å²) >= 11 is 0. The van der Waals surface area contributed by atoms with Gasteiger partial charge in [-0.3, -0.25) is 4.90 Å². The molecule has 0 radical (unpaired) electrons. The van der Waals surface area contributed by atoms with E-state index in [1.165, 1.54) is 22.3 Å². The van der Waals surface area contributed by atoms with E-state index in [0.29, 0.717) is 5.92 Å². The smallest absolute Gasteiger partial charge is 0.0601 e. The van der Waals surface area contributed by atoms with Crippen LogP contribution in [0.2, 0.25) is 0 Å². The summed E-state index contributed by atoms with van der Waals surface area (Å²) in [4.78, 5) is 2.35. The molecule has 0 N–H and O–H groups in total. The van der Waals surface area contributed by atoms with E-state index in [1.54, 1.807) is 0 Å². The number of aryl methyl sites for hydroxylation is 2. The van der Waals surface area contributed by atoms with E-state index in [2.05, 4.69) is 93.0 Å². The van der Waals surface area contributed by atoms with Gasteiger partial charge in [0, 0.05) is 12.3 Å². The molecule has 0 heterocycles. The number of rotatable bonds is 6. The summed E-state index contributed by atoms with van der Waals surface area (Å²) in [5, 5.41) is 0. The van der Waals surface area contributed by atoms with Crippen LogP contribution in [0.25, 0.3) is 0 Å². The lowest BCUT2D eigenvalue weighted by atomic mass is 9.85. The molecule has 0 spiro atoms. The standard InChI is InChI=1S/C23H29N/c1-5-24(6-2)17-11-10-14-22(21-12-8-7-9-13-21)23-18-19(3)15-16-20(23)4/h7-9,12-13,15-16,18,22H,5-6,14,17H2,1-4H3/t22-/m1/s1. The Bertz CT molecular complexity index is 687. The predicted molar refractivity (Wildman–Crippen MR) is 104 cm³/mol. The van der Waals surface area contributed by atoms with E-state index < -0.39 is 0 Å². The molecule has 1 atom stereocenters. The van der Waals surface area contributed by atoms with Crippen molar-refractivity contribution in [3.05, 3.63) is 70.8 Å². The Balaban J connectivity index is 2.25. The summed E-state index contributed by atoms with van der Waals surface area (Å²) in [5.74, 6) is 7.15. The molecule has 2 aromatic carbocycles. The number of hydrogen-bond donors (Lipinski definition) is 0. The fraction of sp³-hybridized carbons (Fsp3) is 0.391. The van der Waals surface area contributed by atoms with Gasteiger partial charge in [0.1, 0.15) is 0 Å². The third-order valence-electron chi connectivity index (χ3n) is 4.64. The lowest BCUT2D eigenvalue weighted by Gasteiger charge is -2.19. The third-order valence-corrected chi connectivity index (χ3v) is 4.64. The molecule has 24 heavy (non-hydrogen) atoms. The Hall–Kier alpha value is -2.04. The van der Waals surface area contributed by atoms with Gasteiger partial charge in [0.05, 0.1) is 6.54 Å². The molecule has 0 aromatic heterocycles. The summed E-state index contributed by atoms with van der Waals surface area (Å²) < 4.78 is 0. The molecule has 0 bridgehead atoms. The van der Waals surface area contributed by atoms with Crippen LogP contribution in [0.5, 0.6) is 0 Å². The highest BCUT2D eigenvalue weighted by Gasteiger charge is 2.15. The van der Waals surface area contributed by atoms with E-state index in [4.69, 9.17) is 0 Å². The lowest BCUT2D eigenvalue weighted by molar-refractivity contribution is 0.342. The van der Waals surface area contributed by atoms with E-state index in [9.17, 15) is 0 Å². The van der Waals surface area contributed by atoms with E-state index in [0.717, 1.165) is 26.1 Å². The summed E-state index contributed by atoms with van der Waals surface area (Å²) in [6.07, 6.45) is 0.871. The summed E-state index contributed by atoms with van der Waals surface area (Å²) in [5.41, 5.74) is 5.41. The highest BCUT2D eigenvalue weighted by molar-refractivity contribution is 5.40. The van der Waals surface area contributed by atoms with Gasteiger partial charge in [0.15, 0.2) is 0 Å². The van der Waals surface area contributed by atoms with Crippen LogP contribution in [0.4, 0.5) is 0 Å². The van der Waals surface area contributed by atoms with Gasteiger partial charge in [-0.15, -0.1) is 5.92 Å². The van der Waals surface area contributed by atoms with Crippen molar-refractivity contribution < 1.29 is 0 Å². The number of benzene rings is 2. The van der Waals surface area contributed by atoms with Crippen LogP contribution >= 0.6 is 0 Å². The maximum Gasteiger partial charge on any atom is 0.0601 e. The fourth-order valence-corrected chi connectivity index (χ4v) is 3.02. The number of nitrogens with zero attached hydrogens (tertiary/aromatic N) is 1. The zero-order valence-corrected chi connectivity index (χ0v) is 15.5. The first-order valence-corrected chi connectivity index (χ1v) is 8.95.